The van der Waals surface area contributed by atoms with Crippen molar-refractivity contribution in [2.45, 2.75) is 38.6 Å². The van der Waals surface area contributed by atoms with Crippen LogP contribution in [0.3, 0.4) is 0 Å². The van der Waals surface area contributed by atoms with Crippen LogP contribution in [0, 0.1) is 0 Å². The molecule has 0 saturated carbocycles. The number of fused-ring (bicyclic) bond motifs is 1. The number of thiazole rings is 1. The van der Waals surface area contributed by atoms with Crippen LogP contribution in [0.5, 0.6) is 0 Å². The highest BCUT2D eigenvalue weighted by Crippen LogP contribution is 2.12. The Morgan fingerprint density at radius 1 is 1.65 bits per heavy atom. The first-order chi connectivity index (χ1) is 8.20. The molecule has 0 aromatic carbocycles. The lowest BCUT2D eigenvalue weighted by atomic mass is 10.0. The Labute approximate surface area is 104 Å². The number of imidazole rings is 1. The largest absolute Gasteiger partial charge is 0.321 e. The second kappa shape index (κ2) is 5.42. The van der Waals surface area contributed by atoms with E-state index in [1.165, 1.54) is 0 Å². The summed E-state index contributed by atoms with van der Waals surface area (Å²) in [6.07, 6.45) is 7.04. The van der Waals surface area contributed by atoms with Crippen LogP contribution >= 0.6 is 11.3 Å². The molecule has 0 fully saturated rings. The van der Waals surface area contributed by atoms with Gasteiger partial charge in [0, 0.05) is 17.8 Å². The lowest BCUT2D eigenvalue weighted by Crippen LogP contribution is -2.31. The van der Waals surface area contributed by atoms with Gasteiger partial charge in [0.1, 0.15) is 0 Å². The zero-order valence-electron chi connectivity index (χ0n) is 9.93. The molecule has 0 spiro atoms. The fourth-order valence-electron chi connectivity index (χ4n) is 1.76. The number of nitrogens with zero attached hydrogens (tertiary/aromatic N) is 2. The highest BCUT2D eigenvalue weighted by Gasteiger charge is 2.15. The normalized spacial score (nSPS) is 13.1. The van der Waals surface area contributed by atoms with Gasteiger partial charge in [-0.05, 0) is 6.42 Å². The molecule has 0 aliphatic heterocycles. The van der Waals surface area contributed by atoms with Gasteiger partial charge in [-0.25, -0.2) is 4.98 Å². The summed E-state index contributed by atoms with van der Waals surface area (Å²) in [5, 5.41) is 1.97. The van der Waals surface area contributed by atoms with E-state index in [0.29, 0.717) is 6.42 Å². The third-order valence-electron chi connectivity index (χ3n) is 2.78. The van der Waals surface area contributed by atoms with Gasteiger partial charge in [0.05, 0.1) is 18.2 Å². The number of aromatic nitrogens is 2. The number of Topliss-reactive ketones (excluding diaryl/α,β-unsaturated/α-hetero) is 1. The number of rotatable bonds is 6. The maximum atomic E-state index is 11.8. The van der Waals surface area contributed by atoms with Crippen LogP contribution in [-0.2, 0) is 11.2 Å². The van der Waals surface area contributed by atoms with Crippen LogP contribution in [-0.4, -0.2) is 21.2 Å². The van der Waals surface area contributed by atoms with Gasteiger partial charge in [0.2, 0.25) is 0 Å². The quantitative estimate of drug-likeness (QED) is 0.854. The summed E-state index contributed by atoms with van der Waals surface area (Å²) < 4.78 is 1.94. The van der Waals surface area contributed by atoms with Crippen LogP contribution in [0.15, 0.2) is 17.8 Å². The summed E-state index contributed by atoms with van der Waals surface area (Å²) in [6.45, 7) is 2.10. The number of carbonyl (C=O) groups excluding carboxylic acids is 1. The van der Waals surface area contributed by atoms with Crippen molar-refractivity contribution in [2.75, 3.05) is 0 Å². The van der Waals surface area contributed by atoms with Crippen molar-refractivity contribution in [3.05, 3.63) is 23.5 Å². The maximum Gasteiger partial charge on any atom is 0.193 e. The Morgan fingerprint density at radius 3 is 3.18 bits per heavy atom. The van der Waals surface area contributed by atoms with Gasteiger partial charge in [-0.2, -0.15) is 0 Å². The maximum absolute atomic E-state index is 11.8. The summed E-state index contributed by atoms with van der Waals surface area (Å²) in [5.41, 5.74) is 6.65. The average Bonchev–Trinajstić information content (AvgIpc) is 2.86. The Balaban J connectivity index is 1.96. The lowest BCUT2D eigenvalue weighted by Gasteiger charge is -2.08. The molecule has 2 aromatic rings. The minimum atomic E-state index is -0.338. The number of ketones is 1. The molecule has 4 nitrogen and oxygen atoms in total. The van der Waals surface area contributed by atoms with Crippen molar-refractivity contribution in [1.29, 1.82) is 0 Å². The number of hydrogen-bond donors (Lipinski definition) is 1. The molecule has 0 amide bonds. The second-order valence-electron chi connectivity index (χ2n) is 4.22. The first-order valence-corrected chi connectivity index (χ1v) is 6.78. The predicted molar refractivity (Wildman–Crippen MR) is 69.3 cm³/mol. The fourth-order valence-corrected chi connectivity index (χ4v) is 2.47. The summed E-state index contributed by atoms with van der Waals surface area (Å²) in [4.78, 5) is 17.2. The molecule has 0 aliphatic carbocycles. The topological polar surface area (TPSA) is 60.4 Å². The van der Waals surface area contributed by atoms with Gasteiger partial charge in [-0.15, -0.1) is 11.3 Å². The molecule has 1 unspecified atom stereocenters. The molecule has 92 valence electrons. The minimum absolute atomic E-state index is 0.0872. The molecule has 2 N–H and O–H groups in total. The van der Waals surface area contributed by atoms with E-state index in [1.54, 1.807) is 11.3 Å². The van der Waals surface area contributed by atoms with Gasteiger partial charge in [0.25, 0.3) is 0 Å². The third-order valence-corrected chi connectivity index (χ3v) is 3.55. The van der Waals surface area contributed by atoms with Crippen molar-refractivity contribution in [3.8, 4) is 0 Å². The molecule has 2 heterocycles. The van der Waals surface area contributed by atoms with Crippen molar-refractivity contribution in [2.24, 2.45) is 5.73 Å². The standard InChI is InChI=1S/C12H17N3OS/c1-2-3-4-10(13)11(16)7-9-8-15-5-6-17-12(15)14-9/h5-6,8,10H,2-4,7,13H2,1H3. The van der Waals surface area contributed by atoms with E-state index >= 15 is 0 Å². The number of unbranched alkanes of at least 4 members (excludes halogenated alkanes) is 1. The lowest BCUT2D eigenvalue weighted by molar-refractivity contribution is -0.119. The molecule has 0 saturated heterocycles. The van der Waals surface area contributed by atoms with Gasteiger partial charge >= 0.3 is 0 Å². The summed E-state index contributed by atoms with van der Waals surface area (Å²) in [7, 11) is 0. The molecular weight excluding hydrogens is 234 g/mol. The zero-order chi connectivity index (χ0) is 12.3. The molecule has 0 aliphatic rings. The Morgan fingerprint density at radius 2 is 2.47 bits per heavy atom. The van der Waals surface area contributed by atoms with Crippen LogP contribution in [0.4, 0.5) is 0 Å². The van der Waals surface area contributed by atoms with Gasteiger partial charge in [-0.1, -0.05) is 19.8 Å². The average molecular weight is 251 g/mol. The Kier molecular flexibility index (Phi) is 3.91. The molecule has 17 heavy (non-hydrogen) atoms. The van der Waals surface area contributed by atoms with Gasteiger partial charge in [0.15, 0.2) is 10.7 Å². The van der Waals surface area contributed by atoms with E-state index in [2.05, 4.69) is 11.9 Å². The highest BCUT2D eigenvalue weighted by atomic mass is 32.1. The molecule has 5 heteroatoms. The van der Waals surface area contributed by atoms with Crippen molar-refractivity contribution < 1.29 is 4.79 Å². The van der Waals surface area contributed by atoms with Gasteiger partial charge < -0.3 is 5.73 Å². The summed E-state index contributed by atoms with van der Waals surface area (Å²) in [6, 6.07) is -0.338. The number of hydrogen-bond acceptors (Lipinski definition) is 4. The monoisotopic (exact) mass is 251 g/mol. The molecule has 2 aromatic heterocycles. The second-order valence-corrected chi connectivity index (χ2v) is 5.09. The number of carbonyl (C=O) groups is 1. The molecule has 0 bridgehead atoms. The molecule has 0 radical (unpaired) electrons. The minimum Gasteiger partial charge on any atom is -0.321 e. The summed E-state index contributed by atoms with van der Waals surface area (Å²) >= 11 is 1.57. The van der Waals surface area contributed by atoms with Crippen LogP contribution in [0.25, 0.3) is 4.96 Å². The molecule has 2 rings (SSSR count). The van der Waals surface area contributed by atoms with Gasteiger partial charge in [-0.3, -0.25) is 9.20 Å². The SMILES string of the molecule is CCCCC(N)C(=O)Cc1cn2ccsc2n1. The fraction of sp³-hybridized carbons (Fsp3) is 0.500. The van der Waals surface area contributed by atoms with E-state index < -0.39 is 0 Å². The molecular formula is C12H17N3OS. The van der Waals surface area contributed by atoms with E-state index in [4.69, 9.17) is 5.73 Å². The van der Waals surface area contributed by atoms with Crippen molar-refractivity contribution in [1.82, 2.24) is 9.38 Å². The van der Waals surface area contributed by atoms with E-state index in [1.807, 2.05) is 22.2 Å². The van der Waals surface area contributed by atoms with E-state index in [9.17, 15) is 4.79 Å². The first kappa shape index (κ1) is 12.3. The first-order valence-electron chi connectivity index (χ1n) is 5.90. The van der Waals surface area contributed by atoms with Crippen molar-refractivity contribution >= 4 is 22.1 Å². The van der Waals surface area contributed by atoms with Crippen LogP contribution < -0.4 is 5.73 Å². The Bertz CT molecular complexity index is 474. The zero-order valence-corrected chi connectivity index (χ0v) is 10.7. The Hall–Kier alpha value is -1.20. The molecule has 1 atom stereocenters. The van der Waals surface area contributed by atoms with Crippen LogP contribution in [0.2, 0.25) is 0 Å². The smallest absolute Gasteiger partial charge is 0.193 e. The summed E-state index contributed by atoms with van der Waals surface area (Å²) in [5.74, 6) is 0.0872. The number of nitrogens with two attached hydrogens (primary N) is 1. The van der Waals surface area contributed by atoms with E-state index in [-0.39, 0.29) is 11.8 Å². The van der Waals surface area contributed by atoms with Crippen LogP contribution in [0.1, 0.15) is 31.9 Å². The van der Waals surface area contributed by atoms with Crippen molar-refractivity contribution in [3.63, 3.8) is 0 Å². The third kappa shape index (κ3) is 2.92. The van der Waals surface area contributed by atoms with E-state index in [0.717, 1.165) is 29.9 Å². The highest BCUT2D eigenvalue weighted by molar-refractivity contribution is 7.15. The predicted octanol–water partition coefficient (Wildman–Crippen LogP) is 2.02.